The van der Waals surface area contributed by atoms with E-state index < -0.39 is 5.60 Å². The number of amides is 4. The molecule has 8 rings (SSSR count). The van der Waals surface area contributed by atoms with Crippen molar-refractivity contribution < 1.29 is 202 Å². The number of hydrogen-bond acceptors (Lipinski definition) is 13. The molecule has 2 unspecified atom stereocenters. The van der Waals surface area contributed by atoms with Crippen LogP contribution in [-0.2, 0) is 19.2 Å². The second-order valence-corrected chi connectivity index (χ2v) is 23.8. The van der Waals surface area contributed by atoms with Crippen LogP contribution in [0.2, 0.25) is 0 Å². The Kier molecular flexibility index (Phi) is 31.9. The standard InChI is InChI=1S/C28H35BrN2O5.C18H18BrNO3.C10H18BrNO2.CH2O3.2Cs.H/c1-28(2,3)36-27(33)30-15-12-21(13-16-30)35-22-8-5-7-19(17-22)24-9-6-14-31(24)26(32)20-10-11-23(29)25(18-20)34-4;1-23-17-11-13(7-8-15(17)19)18(22)20-9-3-6-16(20)12-4-2-5-14(21)10-12;1-10(2,3)14-9(13)12-6-4-8(11)5-7-12;2-1-4-3;;;/h5,7-8,10-11,17-18,21,24H,6,9,12-16H2,1-4H3;2,4-5,7-8,10-11,16,21H,3,6,9H2,1H3;8H,4-7H2,1-3H3;1,3H;;;/q;;;;2*+1;-1/p-1. The largest absolute Gasteiger partial charge is 1.00 e. The van der Waals surface area contributed by atoms with Crippen LogP contribution in [0.25, 0.3) is 0 Å². The van der Waals surface area contributed by atoms with Gasteiger partial charge in [0.15, 0.2) is 0 Å². The van der Waals surface area contributed by atoms with E-state index in [1.165, 1.54) is 0 Å². The van der Waals surface area contributed by atoms with Gasteiger partial charge >= 0.3 is 150 Å². The first-order chi connectivity index (χ1) is 36.5. The molecule has 4 aromatic carbocycles. The van der Waals surface area contributed by atoms with E-state index in [0.717, 1.165) is 103 Å². The molecule has 4 aliphatic rings. The van der Waals surface area contributed by atoms with Crippen molar-refractivity contribution in [2.45, 2.75) is 127 Å². The number of nitrogens with zero attached hydrogens (tertiary/aromatic N) is 4. The van der Waals surface area contributed by atoms with Gasteiger partial charge in [-0.1, -0.05) is 40.2 Å². The summed E-state index contributed by atoms with van der Waals surface area (Å²) in [5, 5.41) is 18.1. The molecule has 4 saturated heterocycles. The number of halogens is 3. The fourth-order valence-corrected chi connectivity index (χ4v) is 10.4. The number of carbonyl (C=O) groups is 5. The van der Waals surface area contributed by atoms with Crippen LogP contribution in [0.3, 0.4) is 0 Å². The maximum Gasteiger partial charge on any atom is 1.00 e. The normalized spacial score (nSPS) is 17.3. The molecule has 2 atom stereocenters. The van der Waals surface area contributed by atoms with Crippen LogP contribution in [-0.4, -0.2) is 131 Å². The number of phenolic OH excluding ortho intramolecular Hbond substituents is 1. The van der Waals surface area contributed by atoms with E-state index >= 15 is 0 Å². The summed E-state index contributed by atoms with van der Waals surface area (Å²) in [6, 6.07) is 26.1. The van der Waals surface area contributed by atoms with Crippen molar-refractivity contribution in [3.05, 3.63) is 116 Å². The maximum atomic E-state index is 13.4. The number of aromatic hydroxyl groups is 1. The molecule has 0 bridgehead atoms. The van der Waals surface area contributed by atoms with Gasteiger partial charge in [0.1, 0.15) is 40.3 Å². The van der Waals surface area contributed by atoms with E-state index in [9.17, 15) is 24.3 Å². The molecule has 422 valence electrons. The molecule has 4 amide bonds. The summed E-state index contributed by atoms with van der Waals surface area (Å²) in [5.74, 6) is 2.30. The Balaban J connectivity index is 0.000000426. The third-order valence-electron chi connectivity index (χ3n) is 12.8. The predicted molar refractivity (Wildman–Crippen MR) is 301 cm³/mol. The quantitative estimate of drug-likeness (QED) is 0.0930. The van der Waals surface area contributed by atoms with Crippen molar-refractivity contribution in [2.75, 3.05) is 53.5 Å². The average molecular weight is 1530 g/mol. The molecule has 17 nitrogen and oxygen atoms in total. The van der Waals surface area contributed by atoms with Crippen molar-refractivity contribution in [3.8, 4) is 23.0 Å². The Hall–Kier alpha value is -1.47. The van der Waals surface area contributed by atoms with Gasteiger partial charge in [0, 0.05) is 68.1 Å². The molecule has 79 heavy (non-hydrogen) atoms. The van der Waals surface area contributed by atoms with Crippen LogP contribution in [0.5, 0.6) is 23.0 Å². The Labute approximate surface area is 609 Å². The number of piperidine rings is 2. The number of benzene rings is 4. The first kappa shape index (κ1) is 71.8. The summed E-state index contributed by atoms with van der Waals surface area (Å²) in [6.45, 7) is 15.4. The smallest absolute Gasteiger partial charge is 1.00 e. The Morgan fingerprint density at radius 3 is 1.44 bits per heavy atom. The van der Waals surface area contributed by atoms with Crippen LogP contribution >= 0.6 is 47.8 Å². The van der Waals surface area contributed by atoms with Crippen molar-refractivity contribution in [1.82, 2.24) is 19.6 Å². The molecule has 1 N–H and O–H groups in total. The number of rotatable bonds is 9. The molecule has 4 heterocycles. The van der Waals surface area contributed by atoms with Crippen molar-refractivity contribution >= 4 is 78.3 Å². The number of phenols is 1. The van der Waals surface area contributed by atoms with Crippen molar-refractivity contribution in [2.24, 2.45) is 0 Å². The third-order valence-corrected chi connectivity index (χ3v) is 15.1. The number of likely N-dealkylation sites (tertiary alicyclic amines) is 4. The summed E-state index contributed by atoms with van der Waals surface area (Å²) in [7, 11) is 3.18. The second kappa shape index (κ2) is 35.1. The van der Waals surface area contributed by atoms with Gasteiger partial charge in [-0.3, -0.25) is 14.4 Å². The zero-order chi connectivity index (χ0) is 56.5. The zero-order valence-corrected chi connectivity index (χ0v) is 64.5. The van der Waals surface area contributed by atoms with Crippen molar-refractivity contribution in [1.29, 1.82) is 0 Å². The Bertz CT molecular complexity index is 2620. The third kappa shape index (κ3) is 23.1. The van der Waals surface area contributed by atoms with Crippen LogP contribution in [0.15, 0.2) is 93.9 Å². The Morgan fingerprint density at radius 1 is 0.620 bits per heavy atom. The summed E-state index contributed by atoms with van der Waals surface area (Å²) < 4.78 is 29.4. The van der Waals surface area contributed by atoms with E-state index in [1.54, 1.807) is 54.4 Å². The number of alkyl halides is 1. The molecule has 22 heteroatoms. The SMILES string of the molecule is CC(C)(C)OC(=O)N1CCC(Br)CC1.COc1cc(C(=O)N2CCCC2c2cccc(O)c2)ccc1Br.COc1cc(C(=O)N2CCCC2c2cccc(OC3CCN(C(=O)OC(C)(C)C)CC3)c2)ccc1Br.O=CO[O-].[Cs+].[Cs+].[H-]. The summed E-state index contributed by atoms with van der Waals surface area (Å²) in [4.78, 5) is 69.4. The zero-order valence-electron chi connectivity index (χ0n) is 48.1. The van der Waals surface area contributed by atoms with Crippen LogP contribution in [0.4, 0.5) is 9.59 Å². The van der Waals surface area contributed by atoms with Crippen LogP contribution in [0.1, 0.15) is 138 Å². The molecule has 0 aliphatic carbocycles. The molecule has 4 aliphatic heterocycles. The molecular formula is C57H73Br3Cs2N4O13. The minimum Gasteiger partial charge on any atom is -1.00 e. The molecule has 4 fully saturated rings. The number of ether oxygens (including phenoxy) is 5. The van der Waals surface area contributed by atoms with E-state index in [2.05, 4.69) is 64.8 Å². The topological polar surface area (TPSA) is 197 Å². The predicted octanol–water partition coefficient (Wildman–Crippen LogP) is 5.69. The summed E-state index contributed by atoms with van der Waals surface area (Å²) in [5.41, 5.74) is 2.39. The van der Waals surface area contributed by atoms with Gasteiger partial charge in [0.25, 0.3) is 18.3 Å². The minimum atomic E-state index is -0.496. The second-order valence-electron chi connectivity index (χ2n) is 20.8. The average Bonchev–Trinajstić information content (AvgIpc) is 4.10. The van der Waals surface area contributed by atoms with Gasteiger partial charge in [-0.2, -0.15) is 0 Å². The first-order valence-corrected chi connectivity index (χ1v) is 28.2. The fraction of sp³-hybridized carbons (Fsp3) is 0.491. The molecular weight excluding hydrogens is 1450 g/mol. The maximum absolute atomic E-state index is 13.4. The van der Waals surface area contributed by atoms with Crippen LogP contribution < -0.4 is 157 Å². The van der Waals surface area contributed by atoms with E-state index in [1.807, 2.05) is 93.8 Å². The van der Waals surface area contributed by atoms with Gasteiger partial charge in [-0.15, -0.1) is 0 Å². The molecule has 4 aromatic rings. The van der Waals surface area contributed by atoms with Gasteiger partial charge in [-0.25, -0.2) is 9.59 Å². The Morgan fingerprint density at radius 2 is 1.04 bits per heavy atom. The summed E-state index contributed by atoms with van der Waals surface area (Å²) in [6.07, 6.45) is 6.85. The van der Waals surface area contributed by atoms with Gasteiger partial charge in [0.2, 0.25) is 0 Å². The molecule has 0 aromatic heterocycles. The van der Waals surface area contributed by atoms with E-state index in [-0.39, 0.29) is 199 Å². The number of methoxy groups -OCH3 is 2. The van der Waals surface area contributed by atoms with E-state index in [0.29, 0.717) is 40.5 Å². The fourth-order valence-electron chi connectivity index (χ4n) is 9.19. The monoisotopic (exact) mass is 1520 g/mol. The molecule has 0 radical (unpaired) electrons. The number of carbonyl (C=O) groups excluding carboxylic acids is 5. The molecule has 0 spiro atoms. The minimum absolute atomic E-state index is 0. The summed E-state index contributed by atoms with van der Waals surface area (Å²) >= 11 is 10.4. The molecule has 0 saturated carbocycles. The van der Waals surface area contributed by atoms with E-state index in [4.69, 9.17) is 33.7 Å². The van der Waals surface area contributed by atoms with Gasteiger partial charge in [0.05, 0.1) is 35.2 Å². The van der Waals surface area contributed by atoms with Crippen LogP contribution in [0, 0.1) is 0 Å². The van der Waals surface area contributed by atoms with Gasteiger partial charge in [-0.05, 0) is 184 Å². The van der Waals surface area contributed by atoms with Gasteiger partial charge < -0.3 is 60.0 Å². The number of hydrogen-bond donors (Lipinski definition) is 1. The first-order valence-electron chi connectivity index (χ1n) is 25.7. The van der Waals surface area contributed by atoms with Crippen molar-refractivity contribution in [3.63, 3.8) is 0 Å².